The van der Waals surface area contributed by atoms with Crippen LogP contribution in [0.4, 0.5) is 0 Å². The van der Waals surface area contributed by atoms with Crippen LogP contribution in [-0.4, -0.2) is 19.5 Å². The molecule has 4 aliphatic carbocycles. The zero-order valence-electron chi connectivity index (χ0n) is 17.1. The van der Waals surface area contributed by atoms with Gasteiger partial charge in [0.2, 0.25) is 0 Å². The molecular weight excluding hydrogens is 322 g/mol. The average Bonchev–Trinajstić information content (AvgIpc) is 2.96. The molecule has 0 amide bonds. The first-order valence-corrected chi connectivity index (χ1v) is 10.8. The van der Waals surface area contributed by atoms with Gasteiger partial charge in [-0.05, 0) is 90.9 Å². The second-order valence-electron chi connectivity index (χ2n) is 10.3. The van der Waals surface area contributed by atoms with Crippen molar-refractivity contribution < 1.29 is 9.53 Å². The van der Waals surface area contributed by atoms with Gasteiger partial charge in [0.1, 0.15) is 0 Å². The fourth-order valence-electron chi connectivity index (χ4n) is 8.11. The molecule has 146 valence electrons. The Hall–Kier alpha value is -0.830. The molecule has 0 heterocycles. The van der Waals surface area contributed by atoms with Crippen molar-refractivity contribution in [2.75, 3.05) is 13.7 Å². The number of nitrogens with two attached hydrogens (primary N) is 1. The molecule has 0 radical (unpaired) electrons. The molecule has 0 unspecified atom stereocenters. The summed E-state index contributed by atoms with van der Waals surface area (Å²) in [7, 11) is 1.84. The smallest absolute Gasteiger partial charge is 0.178 e. The topological polar surface area (TPSA) is 52.3 Å². The Morgan fingerprint density at radius 1 is 1.12 bits per heavy atom. The number of ether oxygens (including phenoxy) is 1. The number of rotatable bonds is 3. The summed E-state index contributed by atoms with van der Waals surface area (Å²) < 4.78 is 5.50. The molecule has 26 heavy (non-hydrogen) atoms. The van der Waals surface area contributed by atoms with Crippen molar-refractivity contribution in [3.05, 3.63) is 11.3 Å². The molecule has 7 atom stereocenters. The van der Waals surface area contributed by atoms with Crippen molar-refractivity contribution in [3.63, 3.8) is 0 Å². The number of allylic oxidation sites excluding steroid dienone is 1. The number of carbonyl (C=O) groups is 1. The highest BCUT2D eigenvalue weighted by atomic mass is 16.5. The number of methoxy groups -OCH3 is 1. The van der Waals surface area contributed by atoms with Crippen LogP contribution in [0.15, 0.2) is 11.3 Å². The predicted molar refractivity (Wildman–Crippen MR) is 104 cm³/mol. The van der Waals surface area contributed by atoms with Gasteiger partial charge in [-0.3, -0.25) is 4.79 Å². The highest BCUT2D eigenvalue weighted by Gasteiger charge is 2.59. The van der Waals surface area contributed by atoms with Crippen LogP contribution in [0.5, 0.6) is 0 Å². The van der Waals surface area contributed by atoms with Gasteiger partial charge >= 0.3 is 0 Å². The lowest BCUT2D eigenvalue weighted by molar-refractivity contribution is -0.119. The molecule has 0 aromatic rings. The van der Waals surface area contributed by atoms with Gasteiger partial charge in [-0.2, -0.15) is 0 Å². The third kappa shape index (κ3) is 2.45. The molecule has 2 N–H and O–H groups in total. The number of hydrogen-bond donors (Lipinski definition) is 1. The third-order valence-electron chi connectivity index (χ3n) is 9.36. The van der Waals surface area contributed by atoms with Crippen LogP contribution in [0.2, 0.25) is 0 Å². The largest absolute Gasteiger partial charge is 0.396 e. The summed E-state index contributed by atoms with van der Waals surface area (Å²) in [6, 6.07) is 0. The molecule has 3 heteroatoms. The van der Waals surface area contributed by atoms with Crippen molar-refractivity contribution in [1.29, 1.82) is 0 Å². The van der Waals surface area contributed by atoms with Gasteiger partial charge in [0, 0.05) is 20.1 Å². The molecular formula is C23H37NO2. The highest BCUT2D eigenvalue weighted by Crippen LogP contribution is 2.67. The van der Waals surface area contributed by atoms with E-state index in [1.807, 2.05) is 7.11 Å². The number of ketones is 1. The molecule has 3 fully saturated rings. The fourth-order valence-corrected chi connectivity index (χ4v) is 8.11. The van der Waals surface area contributed by atoms with Crippen LogP contribution in [0.25, 0.3) is 0 Å². The first-order chi connectivity index (χ1) is 12.3. The Morgan fingerprint density at radius 2 is 1.88 bits per heavy atom. The lowest BCUT2D eigenvalue weighted by Crippen LogP contribution is -2.52. The molecule has 0 aromatic carbocycles. The zero-order chi connectivity index (χ0) is 18.7. The third-order valence-corrected chi connectivity index (χ3v) is 9.36. The van der Waals surface area contributed by atoms with Crippen molar-refractivity contribution in [1.82, 2.24) is 0 Å². The Kier molecular flexibility index (Phi) is 4.53. The highest BCUT2D eigenvalue weighted by molar-refractivity contribution is 5.96. The predicted octanol–water partition coefficient (Wildman–Crippen LogP) is 4.70. The number of carbonyl (C=O) groups excluding carboxylic acids is 1. The molecule has 0 bridgehead atoms. The standard InChI is InChI=1S/C23H37NO2/c1-14(13-26-4)16-7-8-17-15-5-6-19-21(24)20(25)10-12-23(19,3)18(15)9-11-22(16,17)2/h14-18H,5-13,24H2,1-4H3/t14-,15-,16+,17-,18-,22+,23+/m0/s1. The van der Waals surface area contributed by atoms with E-state index in [0.717, 1.165) is 43.1 Å². The molecule has 0 spiro atoms. The second-order valence-corrected chi connectivity index (χ2v) is 10.3. The van der Waals surface area contributed by atoms with Crippen molar-refractivity contribution in [2.45, 2.75) is 72.1 Å². The van der Waals surface area contributed by atoms with E-state index in [1.54, 1.807) is 0 Å². The quantitative estimate of drug-likeness (QED) is 0.794. The first-order valence-electron chi connectivity index (χ1n) is 10.8. The summed E-state index contributed by atoms with van der Waals surface area (Å²) in [5.41, 5.74) is 8.89. The SMILES string of the molecule is COC[C@H](C)[C@H]1CC[C@H]2[C@@H]3CCC4=C(N)C(=O)CC[C@]4(C)[C@H]3CC[C@]12C. The molecule has 4 aliphatic rings. The molecule has 3 saturated carbocycles. The summed E-state index contributed by atoms with van der Waals surface area (Å²) in [5, 5.41) is 0. The minimum atomic E-state index is 0.179. The minimum Gasteiger partial charge on any atom is -0.396 e. The minimum absolute atomic E-state index is 0.179. The summed E-state index contributed by atoms with van der Waals surface area (Å²) in [4.78, 5) is 12.2. The maximum Gasteiger partial charge on any atom is 0.178 e. The van der Waals surface area contributed by atoms with E-state index in [9.17, 15) is 4.79 Å². The average molecular weight is 360 g/mol. The summed E-state index contributed by atoms with van der Waals surface area (Å²) in [6.07, 6.45) is 9.40. The summed E-state index contributed by atoms with van der Waals surface area (Å²) in [6.45, 7) is 8.31. The van der Waals surface area contributed by atoms with Gasteiger partial charge in [-0.25, -0.2) is 0 Å². The fraction of sp³-hybridized carbons (Fsp3) is 0.870. The van der Waals surface area contributed by atoms with Crippen LogP contribution >= 0.6 is 0 Å². The van der Waals surface area contributed by atoms with E-state index >= 15 is 0 Å². The van der Waals surface area contributed by atoms with Gasteiger partial charge in [0.05, 0.1) is 5.70 Å². The number of fused-ring (bicyclic) bond motifs is 5. The lowest BCUT2D eigenvalue weighted by atomic mass is 9.46. The van der Waals surface area contributed by atoms with Gasteiger partial charge in [-0.1, -0.05) is 20.8 Å². The Bertz CT molecular complexity index is 626. The van der Waals surface area contributed by atoms with Gasteiger partial charge < -0.3 is 10.5 Å². The lowest BCUT2D eigenvalue weighted by Gasteiger charge is -2.58. The van der Waals surface area contributed by atoms with Gasteiger partial charge in [0.15, 0.2) is 5.78 Å². The Labute approximate surface area is 159 Å². The Morgan fingerprint density at radius 3 is 2.62 bits per heavy atom. The molecule has 4 rings (SSSR count). The molecule has 3 nitrogen and oxygen atoms in total. The van der Waals surface area contributed by atoms with E-state index in [4.69, 9.17) is 10.5 Å². The van der Waals surface area contributed by atoms with Crippen LogP contribution in [0, 0.1) is 40.4 Å². The molecule has 0 aliphatic heterocycles. The van der Waals surface area contributed by atoms with E-state index in [-0.39, 0.29) is 11.2 Å². The van der Waals surface area contributed by atoms with E-state index in [2.05, 4.69) is 20.8 Å². The van der Waals surface area contributed by atoms with Crippen LogP contribution < -0.4 is 5.73 Å². The first kappa shape index (κ1) is 18.5. The van der Waals surface area contributed by atoms with E-state index < -0.39 is 0 Å². The van der Waals surface area contributed by atoms with Crippen LogP contribution in [-0.2, 0) is 9.53 Å². The van der Waals surface area contributed by atoms with Crippen molar-refractivity contribution >= 4 is 5.78 Å². The maximum atomic E-state index is 12.2. The van der Waals surface area contributed by atoms with E-state index in [0.29, 0.717) is 23.5 Å². The van der Waals surface area contributed by atoms with Crippen molar-refractivity contribution in [3.8, 4) is 0 Å². The summed E-state index contributed by atoms with van der Waals surface area (Å²) >= 11 is 0. The summed E-state index contributed by atoms with van der Waals surface area (Å²) in [5.74, 6) is 4.06. The van der Waals surface area contributed by atoms with Crippen LogP contribution in [0.1, 0.15) is 72.1 Å². The van der Waals surface area contributed by atoms with Crippen LogP contribution in [0.3, 0.4) is 0 Å². The maximum absolute atomic E-state index is 12.2. The monoisotopic (exact) mass is 359 g/mol. The number of hydrogen-bond acceptors (Lipinski definition) is 3. The molecule has 0 saturated heterocycles. The number of Topliss-reactive ketones (excluding diaryl/α,β-unsaturated/α-hetero) is 1. The second kappa shape index (κ2) is 6.36. The van der Waals surface area contributed by atoms with Crippen molar-refractivity contribution in [2.24, 2.45) is 46.2 Å². The van der Waals surface area contributed by atoms with E-state index in [1.165, 1.54) is 37.7 Å². The van der Waals surface area contributed by atoms with Gasteiger partial charge in [0.25, 0.3) is 0 Å². The Balaban J connectivity index is 1.63. The molecule has 0 aromatic heterocycles. The van der Waals surface area contributed by atoms with Gasteiger partial charge in [-0.15, -0.1) is 0 Å². The normalized spacial score (nSPS) is 46.5. The zero-order valence-corrected chi connectivity index (χ0v) is 17.1.